The average molecular weight is 826 g/mol. The summed E-state index contributed by atoms with van der Waals surface area (Å²) in [5.41, 5.74) is 0.871. The summed E-state index contributed by atoms with van der Waals surface area (Å²) in [5, 5.41) is 5.83. The Morgan fingerprint density at radius 1 is 0.898 bits per heavy atom. The zero-order chi connectivity index (χ0) is 44.4. The van der Waals surface area contributed by atoms with E-state index in [-0.39, 0.29) is 54.7 Å². The first-order valence-electron chi connectivity index (χ1n) is 21.5. The molecule has 0 bridgehead atoms. The summed E-state index contributed by atoms with van der Waals surface area (Å²) >= 11 is 0. The molecular formula is C46H75N5O8. The SMILES string of the molecule is C#CCC(NC(=O)C(C(C)C)N(C)C)C(=O)N(C)C(C(CC)CC(CC)CC)C(CC(=O)N1CCCC1C(OC)C(C)C(=O)NC(Cc1ccccc1)C(=O)OC)OC. The number of terminal acetylenes is 1. The number of nitrogens with one attached hydrogen (secondary N) is 2. The van der Waals surface area contributed by atoms with Crippen LogP contribution in [0.5, 0.6) is 0 Å². The Labute approximate surface area is 355 Å². The first-order chi connectivity index (χ1) is 28.0. The van der Waals surface area contributed by atoms with Crippen LogP contribution in [-0.4, -0.2) is 136 Å². The van der Waals surface area contributed by atoms with Gasteiger partial charge >= 0.3 is 5.97 Å². The number of ether oxygens (including phenoxy) is 3. The number of carbonyl (C=O) groups excluding carboxylic acids is 5. The minimum absolute atomic E-state index is 0.00600. The van der Waals surface area contributed by atoms with E-state index in [4.69, 9.17) is 20.6 Å². The van der Waals surface area contributed by atoms with Gasteiger partial charge in [-0.15, -0.1) is 12.3 Å². The number of likely N-dealkylation sites (tertiary alicyclic amines) is 1. The van der Waals surface area contributed by atoms with E-state index in [2.05, 4.69) is 37.3 Å². The Balaban J connectivity index is 2.43. The van der Waals surface area contributed by atoms with Crippen molar-refractivity contribution in [2.45, 2.75) is 142 Å². The van der Waals surface area contributed by atoms with Gasteiger partial charge in [-0.3, -0.25) is 24.1 Å². The van der Waals surface area contributed by atoms with E-state index in [9.17, 15) is 24.0 Å². The number of esters is 1. The van der Waals surface area contributed by atoms with Gasteiger partial charge in [0.2, 0.25) is 23.6 Å². The van der Waals surface area contributed by atoms with Gasteiger partial charge in [0, 0.05) is 40.7 Å². The molecule has 1 saturated heterocycles. The van der Waals surface area contributed by atoms with Gasteiger partial charge in [-0.2, -0.15) is 0 Å². The maximum absolute atomic E-state index is 14.5. The van der Waals surface area contributed by atoms with Crippen LogP contribution in [0.4, 0.5) is 0 Å². The number of methoxy groups -OCH3 is 3. The number of hydrogen-bond acceptors (Lipinski definition) is 9. The normalized spacial score (nSPS) is 18.3. The van der Waals surface area contributed by atoms with E-state index in [1.165, 1.54) is 14.2 Å². The monoisotopic (exact) mass is 826 g/mol. The van der Waals surface area contributed by atoms with Crippen molar-refractivity contribution in [3.05, 3.63) is 35.9 Å². The van der Waals surface area contributed by atoms with Gasteiger partial charge in [-0.1, -0.05) is 91.1 Å². The van der Waals surface area contributed by atoms with Crippen molar-refractivity contribution >= 4 is 29.6 Å². The molecule has 0 aromatic heterocycles. The highest BCUT2D eigenvalue weighted by Gasteiger charge is 2.44. The standard InChI is InChI=1S/C46H75N5O8/c1-14-22-35(47-44(54)40(30(5)6)49(8)9)45(55)50(10)41(34(17-4)27-32(15-2)16-3)38(57-11)29-39(52)51-26-21-25-37(51)42(58-12)31(7)43(53)48-36(46(56)59-13)28-33-23-19-18-20-24-33/h1,18-20,23-24,30-32,34-38,40-42H,15-17,21-22,25-29H2,2-13H3,(H,47,54)(H,48,53). The topological polar surface area (TPSA) is 147 Å². The lowest BCUT2D eigenvalue weighted by Gasteiger charge is -2.42. The van der Waals surface area contributed by atoms with Gasteiger partial charge in [0.25, 0.3) is 0 Å². The molecule has 9 atom stereocenters. The predicted molar refractivity (Wildman–Crippen MR) is 231 cm³/mol. The molecule has 9 unspecified atom stereocenters. The molecule has 332 valence electrons. The van der Waals surface area contributed by atoms with Crippen LogP contribution in [0.1, 0.15) is 98.5 Å². The number of amides is 4. The zero-order valence-corrected chi connectivity index (χ0v) is 38.0. The number of likely N-dealkylation sites (N-methyl/N-ethyl adjacent to an activating group) is 2. The van der Waals surface area contributed by atoms with E-state index in [1.54, 1.807) is 30.9 Å². The minimum Gasteiger partial charge on any atom is -0.467 e. The third-order valence-corrected chi connectivity index (χ3v) is 12.3. The molecule has 59 heavy (non-hydrogen) atoms. The molecule has 1 aromatic rings. The summed E-state index contributed by atoms with van der Waals surface area (Å²) in [6.07, 6.45) is 9.50. The molecule has 4 amide bonds. The second-order valence-corrected chi connectivity index (χ2v) is 16.7. The highest BCUT2D eigenvalue weighted by molar-refractivity contribution is 5.90. The fraction of sp³-hybridized carbons (Fsp3) is 0.717. The quantitative estimate of drug-likeness (QED) is 0.106. The van der Waals surface area contributed by atoms with E-state index in [1.807, 2.05) is 63.2 Å². The van der Waals surface area contributed by atoms with Gasteiger partial charge in [0.15, 0.2) is 0 Å². The van der Waals surface area contributed by atoms with Gasteiger partial charge in [0.1, 0.15) is 12.1 Å². The Kier molecular flexibility index (Phi) is 22.2. The second kappa shape index (κ2) is 25.6. The van der Waals surface area contributed by atoms with Gasteiger partial charge in [-0.05, 0) is 56.7 Å². The molecule has 0 spiro atoms. The molecule has 13 nitrogen and oxygen atoms in total. The van der Waals surface area contributed by atoms with Gasteiger partial charge < -0.3 is 34.6 Å². The summed E-state index contributed by atoms with van der Waals surface area (Å²) in [6.45, 7) is 12.5. The lowest BCUT2D eigenvalue weighted by atomic mass is 9.80. The van der Waals surface area contributed by atoms with Crippen molar-refractivity contribution in [3.8, 4) is 12.3 Å². The van der Waals surface area contributed by atoms with Crippen LogP contribution in [0.2, 0.25) is 0 Å². The smallest absolute Gasteiger partial charge is 0.328 e. The van der Waals surface area contributed by atoms with Crippen molar-refractivity contribution < 1.29 is 38.2 Å². The highest BCUT2D eigenvalue weighted by atomic mass is 16.5. The molecule has 13 heteroatoms. The zero-order valence-electron chi connectivity index (χ0n) is 38.0. The Bertz CT molecular complexity index is 1500. The summed E-state index contributed by atoms with van der Waals surface area (Å²) in [6, 6.07) is 6.12. The lowest BCUT2D eigenvalue weighted by Crippen LogP contribution is -2.59. The van der Waals surface area contributed by atoms with Crippen LogP contribution >= 0.6 is 0 Å². The van der Waals surface area contributed by atoms with Crippen molar-refractivity contribution in [1.82, 2.24) is 25.3 Å². The molecule has 0 aliphatic carbocycles. The minimum atomic E-state index is -0.968. The Morgan fingerprint density at radius 2 is 1.53 bits per heavy atom. The first kappa shape index (κ1) is 51.2. The van der Waals surface area contributed by atoms with Crippen LogP contribution in [0.25, 0.3) is 0 Å². The van der Waals surface area contributed by atoms with Crippen LogP contribution in [0.3, 0.4) is 0 Å². The van der Waals surface area contributed by atoms with E-state index >= 15 is 0 Å². The molecule has 2 rings (SSSR count). The third-order valence-electron chi connectivity index (χ3n) is 12.3. The second-order valence-electron chi connectivity index (χ2n) is 16.7. The first-order valence-corrected chi connectivity index (χ1v) is 21.5. The van der Waals surface area contributed by atoms with Crippen LogP contribution in [0.15, 0.2) is 30.3 Å². The fourth-order valence-electron chi connectivity index (χ4n) is 8.98. The fourth-order valence-corrected chi connectivity index (χ4v) is 8.98. The molecule has 2 N–H and O–H groups in total. The van der Waals surface area contributed by atoms with Gasteiger partial charge in [0.05, 0.1) is 49.8 Å². The third kappa shape index (κ3) is 14.3. The van der Waals surface area contributed by atoms with Crippen molar-refractivity contribution in [2.24, 2.45) is 23.7 Å². The highest BCUT2D eigenvalue weighted by Crippen LogP contribution is 2.33. The van der Waals surface area contributed by atoms with E-state index < -0.39 is 54.3 Å². The molecule has 1 aliphatic heterocycles. The Morgan fingerprint density at radius 3 is 2.03 bits per heavy atom. The summed E-state index contributed by atoms with van der Waals surface area (Å²) in [4.78, 5) is 74.4. The van der Waals surface area contributed by atoms with Gasteiger partial charge in [-0.25, -0.2) is 4.79 Å². The number of rotatable bonds is 25. The number of nitrogens with zero attached hydrogens (tertiary/aromatic N) is 3. The van der Waals surface area contributed by atoms with E-state index in [0.29, 0.717) is 25.3 Å². The molecule has 1 aromatic carbocycles. The average Bonchev–Trinajstić information content (AvgIpc) is 3.70. The summed E-state index contributed by atoms with van der Waals surface area (Å²) in [5.74, 6) is 0.508. The Hall–Kier alpha value is -3.99. The molecule has 1 aliphatic rings. The molecule has 0 saturated carbocycles. The number of carbonyl (C=O) groups is 5. The van der Waals surface area contributed by atoms with Crippen LogP contribution < -0.4 is 10.6 Å². The van der Waals surface area contributed by atoms with Crippen molar-refractivity contribution in [2.75, 3.05) is 49.0 Å². The number of hydrogen-bond donors (Lipinski definition) is 2. The molecule has 1 fully saturated rings. The maximum atomic E-state index is 14.5. The van der Waals surface area contributed by atoms with Crippen LogP contribution in [-0.2, 0) is 44.6 Å². The largest absolute Gasteiger partial charge is 0.467 e. The van der Waals surface area contributed by atoms with Crippen molar-refractivity contribution in [3.63, 3.8) is 0 Å². The molecule has 0 radical (unpaired) electrons. The summed E-state index contributed by atoms with van der Waals surface area (Å²) in [7, 11) is 9.77. The van der Waals surface area contributed by atoms with Crippen LogP contribution in [0, 0.1) is 36.0 Å². The van der Waals surface area contributed by atoms with Crippen molar-refractivity contribution in [1.29, 1.82) is 0 Å². The summed E-state index contributed by atoms with van der Waals surface area (Å²) < 4.78 is 17.2. The number of benzene rings is 1. The van der Waals surface area contributed by atoms with E-state index in [0.717, 1.165) is 31.2 Å². The molecule has 1 heterocycles. The molecular weight excluding hydrogens is 751 g/mol. The maximum Gasteiger partial charge on any atom is 0.328 e. The lowest BCUT2D eigenvalue weighted by molar-refractivity contribution is -0.148. The predicted octanol–water partition coefficient (Wildman–Crippen LogP) is 4.71.